The predicted molar refractivity (Wildman–Crippen MR) is 79.8 cm³/mol. The Morgan fingerprint density at radius 1 is 1.24 bits per heavy atom. The first-order valence-electron chi connectivity index (χ1n) is 6.84. The van der Waals surface area contributed by atoms with E-state index >= 15 is 0 Å². The summed E-state index contributed by atoms with van der Waals surface area (Å²) in [7, 11) is 3.16. The van der Waals surface area contributed by atoms with E-state index in [2.05, 4.69) is 0 Å². The van der Waals surface area contributed by atoms with E-state index in [0.717, 1.165) is 0 Å². The van der Waals surface area contributed by atoms with Crippen molar-refractivity contribution >= 4 is 11.6 Å². The van der Waals surface area contributed by atoms with Gasteiger partial charge in [0, 0.05) is 39.6 Å². The Labute approximate surface area is 124 Å². The van der Waals surface area contributed by atoms with Crippen LogP contribution < -0.4 is 5.73 Å². The van der Waals surface area contributed by atoms with E-state index < -0.39 is 5.82 Å². The molecule has 0 unspecified atom stereocenters. The van der Waals surface area contributed by atoms with Crippen LogP contribution in [0, 0.1) is 12.7 Å². The molecule has 0 aromatic heterocycles. The first-order chi connectivity index (χ1) is 10.0. The van der Waals surface area contributed by atoms with Crippen molar-refractivity contribution in [2.24, 2.45) is 0 Å². The number of hydrogen-bond donors (Lipinski definition) is 1. The molecule has 1 aromatic carbocycles. The molecular formula is C15H23FN2O3. The van der Waals surface area contributed by atoms with Crippen molar-refractivity contribution < 1.29 is 18.7 Å². The van der Waals surface area contributed by atoms with Gasteiger partial charge in [-0.2, -0.15) is 0 Å². The molecule has 1 amide bonds. The van der Waals surface area contributed by atoms with Crippen LogP contribution in [0.2, 0.25) is 0 Å². The number of nitrogens with zero attached hydrogens (tertiary/aromatic N) is 1. The molecule has 1 rings (SSSR count). The lowest BCUT2D eigenvalue weighted by Gasteiger charge is -2.23. The van der Waals surface area contributed by atoms with Gasteiger partial charge in [0.05, 0.1) is 12.2 Å². The lowest BCUT2D eigenvalue weighted by molar-refractivity contribution is 0.0669. The second-order valence-electron chi connectivity index (χ2n) is 4.83. The van der Waals surface area contributed by atoms with Crippen LogP contribution in [-0.4, -0.2) is 51.3 Å². The van der Waals surface area contributed by atoms with E-state index in [4.69, 9.17) is 15.2 Å². The molecule has 21 heavy (non-hydrogen) atoms. The van der Waals surface area contributed by atoms with Gasteiger partial charge >= 0.3 is 0 Å². The van der Waals surface area contributed by atoms with Crippen LogP contribution in [-0.2, 0) is 9.47 Å². The van der Waals surface area contributed by atoms with Crippen LogP contribution in [0.15, 0.2) is 12.1 Å². The molecule has 118 valence electrons. The van der Waals surface area contributed by atoms with Crippen molar-refractivity contribution in [1.82, 2.24) is 4.90 Å². The second-order valence-corrected chi connectivity index (χ2v) is 4.83. The Hall–Kier alpha value is -1.66. The van der Waals surface area contributed by atoms with Crippen molar-refractivity contribution in [1.29, 1.82) is 0 Å². The summed E-state index contributed by atoms with van der Waals surface area (Å²) in [5, 5.41) is 0. The third kappa shape index (κ3) is 4.99. The minimum absolute atomic E-state index is 0.000944. The topological polar surface area (TPSA) is 64.8 Å². The molecule has 0 bridgehead atoms. The van der Waals surface area contributed by atoms with Crippen LogP contribution >= 0.6 is 0 Å². The summed E-state index contributed by atoms with van der Waals surface area (Å²) in [6.45, 7) is 3.39. The predicted octanol–water partition coefficient (Wildman–Crippen LogP) is 1.84. The third-order valence-corrected chi connectivity index (χ3v) is 3.14. The van der Waals surface area contributed by atoms with Gasteiger partial charge in [0.15, 0.2) is 0 Å². The summed E-state index contributed by atoms with van der Waals surface area (Å²) in [4.78, 5) is 14.1. The van der Waals surface area contributed by atoms with Gasteiger partial charge in [0.2, 0.25) is 0 Å². The summed E-state index contributed by atoms with van der Waals surface area (Å²) in [5.74, 6) is -0.903. The Morgan fingerprint density at radius 3 is 2.52 bits per heavy atom. The average molecular weight is 298 g/mol. The first kappa shape index (κ1) is 17.4. The van der Waals surface area contributed by atoms with Crippen molar-refractivity contribution in [2.75, 3.05) is 46.3 Å². The fourth-order valence-electron chi connectivity index (χ4n) is 2.04. The molecule has 0 atom stereocenters. The molecule has 0 fully saturated rings. The van der Waals surface area contributed by atoms with Crippen molar-refractivity contribution in [3.8, 4) is 0 Å². The molecule has 6 heteroatoms. The van der Waals surface area contributed by atoms with Crippen LogP contribution in [0.4, 0.5) is 10.1 Å². The average Bonchev–Trinajstić information content (AvgIpc) is 2.45. The SMILES string of the molecule is COCCCN(CCOC)C(=O)c1cc(N)cc(C)c1F. The molecule has 0 spiro atoms. The zero-order chi connectivity index (χ0) is 15.8. The van der Waals surface area contributed by atoms with E-state index in [1.165, 1.54) is 12.1 Å². The molecule has 0 radical (unpaired) electrons. The Balaban J connectivity index is 2.93. The minimum atomic E-state index is -0.525. The minimum Gasteiger partial charge on any atom is -0.399 e. The lowest BCUT2D eigenvalue weighted by Crippen LogP contribution is -2.36. The molecule has 2 N–H and O–H groups in total. The number of carbonyl (C=O) groups is 1. The summed E-state index contributed by atoms with van der Waals surface area (Å²) >= 11 is 0. The Bertz CT molecular complexity index is 480. The Morgan fingerprint density at radius 2 is 1.90 bits per heavy atom. The van der Waals surface area contributed by atoms with Crippen molar-refractivity contribution in [2.45, 2.75) is 13.3 Å². The van der Waals surface area contributed by atoms with E-state index in [1.807, 2.05) is 0 Å². The first-order valence-corrected chi connectivity index (χ1v) is 6.84. The maximum atomic E-state index is 14.1. The normalized spacial score (nSPS) is 10.7. The number of hydrogen-bond acceptors (Lipinski definition) is 4. The van der Waals surface area contributed by atoms with Crippen LogP contribution in [0.3, 0.4) is 0 Å². The highest BCUT2D eigenvalue weighted by molar-refractivity contribution is 5.95. The summed E-state index contributed by atoms with van der Waals surface area (Å²) in [5.41, 5.74) is 6.45. The number of aryl methyl sites for hydroxylation is 1. The van der Waals surface area contributed by atoms with E-state index in [9.17, 15) is 9.18 Å². The van der Waals surface area contributed by atoms with Crippen molar-refractivity contribution in [3.05, 3.63) is 29.1 Å². The zero-order valence-electron chi connectivity index (χ0n) is 12.8. The molecule has 0 saturated heterocycles. The number of ether oxygens (including phenoxy) is 2. The van der Waals surface area contributed by atoms with Crippen LogP contribution in [0.1, 0.15) is 22.3 Å². The number of anilines is 1. The smallest absolute Gasteiger partial charge is 0.256 e. The molecule has 0 aliphatic heterocycles. The highest BCUT2D eigenvalue weighted by Gasteiger charge is 2.20. The highest BCUT2D eigenvalue weighted by atomic mass is 19.1. The Kier molecular flexibility index (Phi) is 7.11. The number of methoxy groups -OCH3 is 2. The van der Waals surface area contributed by atoms with Gasteiger partial charge < -0.3 is 20.1 Å². The van der Waals surface area contributed by atoms with Gasteiger partial charge in [-0.15, -0.1) is 0 Å². The molecule has 1 aromatic rings. The number of rotatable bonds is 8. The number of nitrogens with two attached hydrogens (primary N) is 1. The van der Waals surface area contributed by atoms with Gasteiger partial charge in [0.1, 0.15) is 5.82 Å². The molecule has 0 heterocycles. The molecule has 0 aliphatic carbocycles. The van der Waals surface area contributed by atoms with Crippen LogP contribution in [0.5, 0.6) is 0 Å². The second kappa shape index (κ2) is 8.59. The third-order valence-electron chi connectivity index (χ3n) is 3.14. The number of halogens is 1. The number of benzene rings is 1. The summed E-state index contributed by atoms with van der Waals surface area (Å²) < 4.78 is 24.1. The van der Waals surface area contributed by atoms with Gasteiger partial charge in [-0.05, 0) is 31.0 Å². The number of nitrogen functional groups attached to an aromatic ring is 1. The molecule has 0 saturated carbocycles. The maximum Gasteiger partial charge on any atom is 0.256 e. The van der Waals surface area contributed by atoms with E-state index in [0.29, 0.717) is 44.0 Å². The fourth-order valence-corrected chi connectivity index (χ4v) is 2.04. The van der Waals surface area contributed by atoms with Gasteiger partial charge in [-0.1, -0.05) is 0 Å². The monoisotopic (exact) mass is 298 g/mol. The summed E-state index contributed by atoms with van der Waals surface area (Å²) in [6, 6.07) is 2.89. The van der Waals surface area contributed by atoms with Gasteiger partial charge in [-0.3, -0.25) is 4.79 Å². The molecule has 5 nitrogen and oxygen atoms in total. The highest BCUT2D eigenvalue weighted by Crippen LogP contribution is 2.19. The van der Waals surface area contributed by atoms with Gasteiger partial charge in [-0.25, -0.2) is 4.39 Å². The lowest BCUT2D eigenvalue weighted by atomic mass is 10.1. The number of carbonyl (C=O) groups excluding carboxylic acids is 1. The van der Waals surface area contributed by atoms with Crippen LogP contribution in [0.25, 0.3) is 0 Å². The standard InChI is InChI=1S/C15H23FN2O3/c1-11-9-12(17)10-13(14(11)16)15(19)18(6-8-21-3)5-4-7-20-2/h9-10H,4-8,17H2,1-3H3. The zero-order valence-corrected chi connectivity index (χ0v) is 12.8. The summed E-state index contributed by atoms with van der Waals surface area (Å²) in [6.07, 6.45) is 0.675. The van der Waals surface area contributed by atoms with Crippen molar-refractivity contribution in [3.63, 3.8) is 0 Å². The fraction of sp³-hybridized carbons (Fsp3) is 0.533. The number of amides is 1. The van der Waals surface area contributed by atoms with E-state index in [-0.39, 0.29) is 11.5 Å². The quantitative estimate of drug-likeness (QED) is 0.587. The largest absolute Gasteiger partial charge is 0.399 e. The van der Waals surface area contributed by atoms with E-state index in [1.54, 1.807) is 26.0 Å². The van der Waals surface area contributed by atoms with Gasteiger partial charge in [0.25, 0.3) is 5.91 Å². The maximum absolute atomic E-state index is 14.1. The molecule has 0 aliphatic rings. The molecular weight excluding hydrogens is 275 g/mol.